The van der Waals surface area contributed by atoms with E-state index in [2.05, 4.69) is 17.2 Å². The Labute approximate surface area is 272 Å². The first kappa shape index (κ1) is 39.3. The highest BCUT2D eigenvalue weighted by Crippen LogP contribution is 2.49. The monoisotopic (exact) mass is 670 g/mol. The van der Waals surface area contributed by atoms with Gasteiger partial charge < -0.3 is 23.8 Å². The standard InChI is InChI=1S/C34H50F3N2O6P/c1-4-7-8-9-10-11-12-13-14-15-33(40)39-29(21-23-46(41,44-5-2)45-6-3)24-28-16-18-31(19-17-28)42-26-30-25-32(20-22-38-30)43-27-34(35,36)37/h16-20,22,24-25H,4-15,21,23,26-27H2,1-3H3,(H,39,40)/b29-24+. The van der Waals surface area contributed by atoms with Gasteiger partial charge in [-0.2, -0.15) is 13.2 Å². The molecule has 1 aromatic heterocycles. The number of alkyl halides is 3. The molecule has 0 saturated carbocycles. The minimum Gasteiger partial charge on any atom is -0.487 e. The van der Waals surface area contributed by atoms with E-state index in [0.717, 1.165) is 24.8 Å². The van der Waals surface area contributed by atoms with Crippen LogP contribution in [0.15, 0.2) is 48.3 Å². The lowest BCUT2D eigenvalue weighted by molar-refractivity contribution is -0.153. The molecule has 258 valence electrons. The molecule has 0 aliphatic rings. The van der Waals surface area contributed by atoms with E-state index in [1.807, 2.05) is 18.2 Å². The number of carbonyl (C=O) groups is 1. The molecule has 0 atom stereocenters. The first-order valence-electron chi connectivity index (χ1n) is 16.3. The summed E-state index contributed by atoms with van der Waals surface area (Å²) in [5, 5.41) is 3.00. The lowest BCUT2D eigenvalue weighted by Crippen LogP contribution is -2.23. The summed E-state index contributed by atoms with van der Waals surface area (Å²) < 4.78 is 71.8. The first-order chi connectivity index (χ1) is 22.1. The van der Waals surface area contributed by atoms with Gasteiger partial charge in [0, 0.05) is 24.4 Å². The molecule has 0 radical (unpaired) electrons. The van der Waals surface area contributed by atoms with E-state index in [0.29, 0.717) is 23.6 Å². The Morgan fingerprint density at radius 1 is 0.848 bits per heavy atom. The maximum absolute atomic E-state index is 13.1. The Kier molecular flexibility index (Phi) is 18.6. The summed E-state index contributed by atoms with van der Waals surface area (Å²) >= 11 is 0. The molecule has 12 heteroatoms. The Morgan fingerprint density at radius 3 is 2.09 bits per heavy atom. The number of pyridine rings is 1. The van der Waals surface area contributed by atoms with Crippen LogP contribution >= 0.6 is 7.60 Å². The number of amides is 1. The zero-order valence-electron chi connectivity index (χ0n) is 27.4. The second-order valence-corrected chi connectivity index (χ2v) is 13.1. The van der Waals surface area contributed by atoms with E-state index in [1.165, 1.54) is 56.9 Å². The van der Waals surface area contributed by atoms with Crippen molar-refractivity contribution >= 4 is 19.6 Å². The number of carbonyl (C=O) groups excluding carboxylic acids is 1. The topological polar surface area (TPSA) is 96.0 Å². The molecule has 0 aliphatic heterocycles. The number of rotatable bonds is 24. The maximum Gasteiger partial charge on any atom is 0.422 e. The molecule has 2 aromatic rings. The maximum atomic E-state index is 13.1. The van der Waals surface area contributed by atoms with Crippen molar-refractivity contribution in [2.45, 2.75) is 104 Å². The smallest absolute Gasteiger partial charge is 0.422 e. The molecule has 1 N–H and O–H groups in total. The van der Waals surface area contributed by atoms with Gasteiger partial charge in [-0.05, 0) is 56.5 Å². The van der Waals surface area contributed by atoms with Crippen LogP contribution in [0.25, 0.3) is 6.08 Å². The molecule has 1 heterocycles. The highest BCUT2D eigenvalue weighted by Gasteiger charge is 2.28. The Bertz CT molecular complexity index is 1210. The highest BCUT2D eigenvalue weighted by molar-refractivity contribution is 7.53. The van der Waals surface area contributed by atoms with Crippen molar-refractivity contribution in [3.8, 4) is 11.5 Å². The Hall–Kier alpha value is -2.88. The third kappa shape index (κ3) is 17.7. The van der Waals surface area contributed by atoms with E-state index < -0.39 is 20.4 Å². The van der Waals surface area contributed by atoms with Crippen LogP contribution in [-0.4, -0.2) is 43.1 Å². The molecule has 8 nitrogen and oxygen atoms in total. The predicted molar refractivity (Wildman–Crippen MR) is 175 cm³/mol. The van der Waals surface area contributed by atoms with Gasteiger partial charge in [-0.3, -0.25) is 14.3 Å². The normalized spacial score (nSPS) is 12.3. The molecular weight excluding hydrogens is 620 g/mol. The molecular formula is C34H50F3N2O6P. The highest BCUT2D eigenvalue weighted by atomic mass is 31.2. The van der Waals surface area contributed by atoms with Crippen molar-refractivity contribution in [2.75, 3.05) is 26.0 Å². The first-order valence-corrected chi connectivity index (χ1v) is 18.0. The number of aromatic nitrogens is 1. The van der Waals surface area contributed by atoms with E-state index in [-0.39, 0.29) is 44.1 Å². The van der Waals surface area contributed by atoms with Crippen molar-refractivity contribution in [3.05, 3.63) is 59.5 Å². The van der Waals surface area contributed by atoms with Gasteiger partial charge in [0.2, 0.25) is 5.91 Å². The number of halogens is 3. The number of benzene rings is 1. The molecule has 1 amide bonds. The SMILES string of the molecule is CCCCCCCCCCCC(=O)N/C(=C/c1ccc(OCc2cc(OCC(F)(F)F)ccn2)cc1)CCP(=O)(OCC)OCC. The van der Waals surface area contributed by atoms with Crippen LogP contribution in [0, 0.1) is 0 Å². The van der Waals surface area contributed by atoms with Crippen molar-refractivity contribution in [1.82, 2.24) is 10.3 Å². The van der Waals surface area contributed by atoms with E-state index in [4.69, 9.17) is 18.5 Å². The summed E-state index contributed by atoms with van der Waals surface area (Å²) in [6, 6.07) is 9.85. The van der Waals surface area contributed by atoms with Crippen molar-refractivity contribution in [3.63, 3.8) is 0 Å². The van der Waals surface area contributed by atoms with E-state index in [9.17, 15) is 22.5 Å². The third-order valence-corrected chi connectivity index (χ3v) is 8.99. The van der Waals surface area contributed by atoms with Gasteiger partial charge in [-0.15, -0.1) is 0 Å². The van der Waals surface area contributed by atoms with Crippen LogP contribution in [0.5, 0.6) is 11.5 Å². The fourth-order valence-electron chi connectivity index (χ4n) is 4.63. The molecule has 0 fully saturated rings. The average Bonchev–Trinajstić information content (AvgIpc) is 3.02. The second-order valence-electron chi connectivity index (χ2n) is 11.0. The number of hydrogen-bond acceptors (Lipinski definition) is 7. The lowest BCUT2D eigenvalue weighted by Gasteiger charge is -2.18. The number of hydrogen-bond donors (Lipinski definition) is 1. The molecule has 0 aliphatic carbocycles. The zero-order chi connectivity index (χ0) is 33.7. The third-order valence-electron chi connectivity index (χ3n) is 6.91. The summed E-state index contributed by atoms with van der Waals surface area (Å²) in [5.74, 6) is 0.483. The number of nitrogens with one attached hydrogen (secondary N) is 1. The second kappa shape index (κ2) is 21.8. The Morgan fingerprint density at radius 2 is 1.48 bits per heavy atom. The largest absolute Gasteiger partial charge is 0.487 e. The van der Waals surface area contributed by atoms with Gasteiger partial charge in [0.1, 0.15) is 18.1 Å². The zero-order valence-corrected chi connectivity index (χ0v) is 28.3. The van der Waals surface area contributed by atoms with Crippen molar-refractivity contribution in [1.29, 1.82) is 0 Å². The number of nitrogens with zero attached hydrogens (tertiary/aromatic N) is 1. The molecule has 0 spiro atoms. The fraction of sp³-hybridized carbons (Fsp3) is 0.588. The quantitative estimate of drug-likeness (QED) is 0.0878. The summed E-state index contributed by atoms with van der Waals surface area (Å²) in [4.78, 5) is 17.0. The average molecular weight is 671 g/mol. The van der Waals surface area contributed by atoms with Crippen LogP contribution in [0.3, 0.4) is 0 Å². The van der Waals surface area contributed by atoms with Crippen molar-refractivity contribution in [2.24, 2.45) is 0 Å². The summed E-state index contributed by atoms with van der Waals surface area (Å²) in [6.45, 7) is 4.88. The molecule has 2 rings (SSSR count). The number of ether oxygens (including phenoxy) is 2. The minimum absolute atomic E-state index is 0.0305. The van der Waals surface area contributed by atoms with Crippen LogP contribution < -0.4 is 14.8 Å². The summed E-state index contributed by atoms with van der Waals surface area (Å²) in [5.41, 5.74) is 1.80. The summed E-state index contributed by atoms with van der Waals surface area (Å²) in [6.07, 6.45) is 10.0. The Balaban J connectivity index is 1.99. The van der Waals surface area contributed by atoms with Gasteiger partial charge in [-0.25, -0.2) is 0 Å². The fourth-order valence-corrected chi connectivity index (χ4v) is 6.27. The van der Waals surface area contributed by atoms with Crippen molar-refractivity contribution < 1.29 is 41.1 Å². The molecule has 0 saturated heterocycles. The van der Waals surface area contributed by atoms with Crippen LogP contribution in [-0.2, 0) is 25.0 Å². The van der Waals surface area contributed by atoms with Gasteiger partial charge in [0.05, 0.1) is 25.1 Å². The number of unbranched alkanes of at least 4 members (excludes halogenated alkanes) is 8. The summed E-state index contributed by atoms with van der Waals surface area (Å²) in [7, 11) is -3.31. The minimum atomic E-state index is -4.43. The van der Waals surface area contributed by atoms with Gasteiger partial charge in [-0.1, -0.05) is 70.4 Å². The van der Waals surface area contributed by atoms with Gasteiger partial charge >= 0.3 is 13.8 Å². The molecule has 0 unspecified atom stereocenters. The van der Waals surface area contributed by atoms with E-state index >= 15 is 0 Å². The van der Waals surface area contributed by atoms with E-state index in [1.54, 1.807) is 26.0 Å². The molecule has 1 aromatic carbocycles. The molecule has 46 heavy (non-hydrogen) atoms. The van der Waals surface area contributed by atoms with Gasteiger partial charge in [0.15, 0.2) is 6.61 Å². The van der Waals surface area contributed by atoms with Crippen LogP contribution in [0.1, 0.15) is 103 Å². The van der Waals surface area contributed by atoms with Crippen LogP contribution in [0.2, 0.25) is 0 Å². The molecule has 0 bridgehead atoms. The lowest BCUT2D eigenvalue weighted by atomic mass is 10.1. The van der Waals surface area contributed by atoms with Crippen LogP contribution in [0.4, 0.5) is 13.2 Å². The number of allylic oxidation sites excluding steroid dienone is 1. The van der Waals surface area contributed by atoms with Gasteiger partial charge in [0.25, 0.3) is 0 Å². The predicted octanol–water partition coefficient (Wildman–Crippen LogP) is 9.64.